The van der Waals surface area contributed by atoms with Crippen LogP contribution >= 0.6 is 23.5 Å². The quantitative estimate of drug-likeness (QED) is 0.343. The maximum atomic E-state index is 12.5. The molecule has 146 valence electrons. The van der Waals surface area contributed by atoms with E-state index in [0.29, 0.717) is 22.2 Å². The third kappa shape index (κ3) is 3.45. The van der Waals surface area contributed by atoms with Crippen molar-refractivity contribution in [2.45, 2.75) is 23.1 Å². The van der Waals surface area contributed by atoms with Crippen LogP contribution in [0.5, 0.6) is 0 Å². The van der Waals surface area contributed by atoms with Crippen LogP contribution < -0.4 is 5.32 Å². The Morgan fingerprint density at radius 3 is 3.00 bits per heavy atom. The summed E-state index contributed by atoms with van der Waals surface area (Å²) in [5.41, 5.74) is 0.578. The van der Waals surface area contributed by atoms with Crippen LogP contribution in [-0.4, -0.2) is 86.1 Å². The molecular weight excluding hydrogens is 410 g/mol. The Hall–Kier alpha value is -2.94. The molecule has 0 spiro atoms. The van der Waals surface area contributed by atoms with Crippen LogP contribution in [0.1, 0.15) is 0 Å². The lowest BCUT2D eigenvalue weighted by Crippen LogP contribution is -2.70. The molecule has 0 radical (unpaired) electrons. The number of carboxylic acids is 1. The Morgan fingerprint density at radius 1 is 1.46 bits per heavy atom. The van der Waals surface area contributed by atoms with Gasteiger partial charge in [-0.1, -0.05) is 11.8 Å². The Kier molecular flexibility index (Phi) is 4.99. The van der Waals surface area contributed by atoms with Gasteiger partial charge in [0.15, 0.2) is 5.16 Å². The number of carbonyl (C=O) groups is 3. The highest BCUT2D eigenvalue weighted by Crippen LogP contribution is 2.41. The van der Waals surface area contributed by atoms with E-state index < -0.39 is 29.2 Å². The van der Waals surface area contributed by atoms with Crippen molar-refractivity contribution < 1.29 is 19.5 Å². The third-order valence-electron chi connectivity index (χ3n) is 4.04. The second-order valence-electron chi connectivity index (χ2n) is 5.80. The smallest absolute Gasteiger partial charge is 0.352 e. The van der Waals surface area contributed by atoms with Crippen LogP contribution in [0.3, 0.4) is 0 Å². The molecular formula is C13H13N9O4S2. The van der Waals surface area contributed by atoms with Crippen molar-refractivity contribution in [3.8, 4) is 0 Å². The fourth-order valence-corrected chi connectivity index (χ4v) is 5.10. The van der Waals surface area contributed by atoms with E-state index >= 15 is 0 Å². The van der Waals surface area contributed by atoms with Crippen LogP contribution in [0.4, 0.5) is 0 Å². The molecule has 0 aliphatic carbocycles. The number of β-lactam (4-membered cyclic amide) rings is 1. The lowest BCUT2D eigenvalue weighted by atomic mass is 10.0. The minimum Gasteiger partial charge on any atom is -0.477 e. The van der Waals surface area contributed by atoms with Crippen molar-refractivity contribution in [2.75, 3.05) is 11.5 Å². The fraction of sp³-hybridized carbons (Fsp3) is 0.385. The van der Waals surface area contributed by atoms with Crippen molar-refractivity contribution in [1.82, 2.24) is 45.6 Å². The molecule has 2 atom stereocenters. The molecule has 1 unspecified atom stereocenters. The summed E-state index contributed by atoms with van der Waals surface area (Å²) in [6.07, 6.45) is 2.65. The predicted octanol–water partition coefficient (Wildman–Crippen LogP) is -1.68. The van der Waals surface area contributed by atoms with E-state index in [4.69, 9.17) is 0 Å². The zero-order chi connectivity index (χ0) is 19.7. The fourth-order valence-electron chi connectivity index (χ4n) is 2.83. The van der Waals surface area contributed by atoms with Crippen LogP contribution in [0.2, 0.25) is 0 Å². The van der Waals surface area contributed by atoms with Crippen molar-refractivity contribution in [3.05, 3.63) is 23.9 Å². The lowest BCUT2D eigenvalue weighted by Gasteiger charge is -2.49. The largest absolute Gasteiger partial charge is 0.477 e. The van der Waals surface area contributed by atoms with Gasteiger partial charge in [0, 0.05) is 11.5 Å². The molecule has 0 bridgehead atoms. The van der Waals surface area contributed by atoms with Crippen LogP contribution in [0.15, 0.2) is 29.1 Å². The first kappa shape index (κ1) is 18.4. The second kappa shape index (κ2) is 7.59. The molecule has 0 saturated carbocycles. The molecule has 2 aromatic rings. The first-order chi connectivity index (χ1) is 13.5. The number of amides is 2. The summed E-state index contributed by atoms with van der Waals surface area (Å²) < 4.78 is 1.23. The van der Waals surface area contributed by atoms with Crippen molar-refractivity contribution in [1.29, 1.82) is 0 Å². The third-order valence-corrected chi connectivity index (χ3v) is 6.34. The molecule has 1 fully saturated rings. The minimum atomic E-state index is -1.18. The number of aromatic nitrogens is 7. The summed E-state index contributed by atoms with van der Waals surface area (Å²) in [4.78, 5) is 41.6. The molecule has 1 saturated heterocycles. The molecule has 2 aromatic heterocycles. The molecule has 13 nitrogen and oxygen atoms in total. The molecule has 2 aliphatic rings. The molecule has 4 rings (SSSR count). The number of hydrogen-bond acceptors (Lipinski definition) is 10. The Labute approximate surface area is 165 Å². The number of aromatic amines is 1. The van der Waals surface area contributed by atoms with E-state index in [1.54, 1.807) is 0 Å². The SMILES string of the molecule is O=C(Cn1cnnn1)NC1C(=O)N2C(C(=O)O)=C(CSc3ncn[nH]3)CS[C@H]12. The van der Waals surface area contributed by atoms with Gasteiger partial charge in [-0.05, 0) is 16.0 Å². The van der Waals surface area contributed by atoms with E-state index in [1.807, 2.05) is 0 Å². The Balaban J connectivity index is 1.44. The lowest BCUT2D eigenvalue weighted by molar-refractivity contribution is -0.150. The van der Waals surface area contributed by atoms with Gasteiger partial charge in [0.05, 0.1) is 0 Å². The highest BCUT2D eigenvalue weighted by Gasteiger charge is 2.54. The summed E-state index contributed by atoms with van der Waals surface area (Å²) >= 11 is 2.71. The molecule has 2 amide bonds. The molecule has 28 heavy (non-hydrogen) atoms. The minimum absolute atomic E-state index is 0.0354. The molecule has 2 aliphatic heterocycles. The predicted molar refractivity (Wildman–Crippen MR) is 94.6 cm³/mol. The van der Waals surface area contributed by atoms with E-state index in [-0.39, 0.29) is 12.2 Å². The van der Waals surface area contributed by atoms with Gasteiger partial charge in [-0.15, -0.1) is 16.9 Å². The maximum Gasteiger partial charge on any atom is 0.352 e. The van der Waals surface area contributed by atoms with Gasteiger partial charge in [-0.3, -0.25) is 19.6 Å². The normalized spacial score (nSPS) is 21.3. The average Bonchev–Trinajstić information content (AvgIpc) is 3.37. The van der Waals surface area contributed by atoms with Crippen molar-refractivity contribution in [3.63, 3.8) is 0 Å². The van der Waals surface area contributed by atoms with E-state index in [2.05, 4.69) is 36.0 Å². The summed E-state index contributed by atoms with van der Waals surface area (Å²) in [6.45, 7) is -0.130. The number of tetrazole rings is 1. The highest BCUT2D eigenvalue weighted by molar-refractivity contribution is 8.01. The average molecular weight is 423 g/mol. The van der Waals surface area contributed by atoms with Crippen LogP contribution in [0.25, 0.3) is 0 Å². The molecule has 4 heterocycles. The van der Waals surface area contributed by atoms with Gasteiger partial charge in [-0.25, -0.2) is 14.5 Å². The van der Waals surface area contributed by atoms with E-state index in [0.717, 1.165) is 0 Å². The maximum absolute atomic E-state index is 12.5. The Bertz CT molecular complexity index is 930. The summed E-state index contributed by atoms with van der Waals surface area (Å²) in [6, 6.07) is -0.785. The van der Waals surface area contributed by atoms with Gasteiger partial charge < -0.3 is 10.4 Å². The number of hydrogen-bond donors (Lipinski definition) is 3. The molecule has 15 heteroatoms. The van der Waals surface area contributed by atoms with Gasteiger partial charge in [-0.2, -0.15) is 5.10 Å². The number of nitrogens with one attached hydrogen (secondary N) is 2. The second-order valence-corrected chi connectivity index (χ2v) is 7.87. The van der Waals surface area contributed by atoms with Crippen LogP contribution in [-0.2, 0) is 20.9 Å². The zero-order valence-electron chi connectivity index (χ0n) is 14.0. The molecule has 3 N–H and O–H groups in total. The summed E-state index contributed by atoms with van der Waals surface area (Å²) in [7, 11) is 0. The standard InChI is InChI=1S/C13H13N9O4S2/c23-7(1-21-5-16-19-20-21)17-8-10(24)22-9(12(25)26)6(2-27-11(8)22)3-28-13-14-4-15-18-13/h4-5,8,11H,1-3H2,(H,17,23)(H,25,26)(H,14,15,18)/t8?,11-/m1/s1. The number of nitrogens with zero attached hydrogens (tertiary/aromatic N) is 7. The number of thioether (sulfide) groups is 2. The van der Waals surface area contributed by atoms with E-state index in [1.165, 1.54) is 45.8 Å². The summed E-state index contributed by atoms with van der Waals surface area (Å²) in [5.74, 6) is -1.28. The van der Waals surface area contributed by atoms with Crippen LogP contribution in [0, 0.1) is 0 Å². The molecule has 0 aromatic carbocycles. The van der Waals surface area contributed by atoms with Gasteiger partial charge in [0.2, 0.25) is 5.91 Å². The highest BCUT2D eigenvalue weighted by atomic mass is 32.2. The zero-order valence-corrected chi connectivity index (χ0v) is 15.7. The van der Waals surface area contributed by atoms with Gasteiger partial charge in [0.25, 0.3) is 5.91 Å². The van der Waals surface area contributed by atoms with E-state index in [9.17, 15) is 19.5 Å². The van der Waals surface area contributed by atoms with Gasteiger partial charge in [0.1, 0.15) is 36.3 Å². The number of H-pyrrole nitrogens is 1. The number of rotatable bonds is 7. The number of carboxylic acid groups (broad SMARTS) is 1. The number of carbonyl (C=O) groups excluding carboxylic acids is 2. The topological polar surface area (TPSA) is 172 Å². The first-order valence-corrected chi connectivity index (χ1v) is 9.96. The van der Waals surface area contributed by atoms with Crippen molar-refractivity contribution >= 4 is 41.3 Å². The summed E-state index contributed by atoms with van der Waals surface area (Å²) in [5, 5.41) is 29.2. The number of aliphatic carboxylic acids is 1. The van der Waals surface area contributed by atoms with Gasteiger partial charge >= 0.3 is 5.97 Å². The Morgan fingerprint density at radius 2 is 2.32 bits per heavy atom. The number of fused-ring (bicyclic) bond motifs is 1. The monoisotopic (exact) mass is 423 g/mol. The first-order valence-electron chi connectivity index (χ1n) is 7.93. The van der Waals surface area contributed by atoms with Crippen molar-refractivity contribution in [2.24, 2.45) is 0 Å².